The first kappa shape index (κ1) is 19.1. The van der Waals surface area contributed by atoms with Crippen LogP contribution in [0.15, 0.2) is 16.6 Å². The van der Waals surface area contributed by atoms with Crippen molar-refractivity contribution in [3.63, 3.8) is 0 Å². The molecular formula is C19H24N4O4. The summed E-state index contributed by atoms with van der Waals surface area (Å²) in [6, 6.07) is 0. The molecule has 1 saturated heterocycles. The Balaban J connectivity index is 1.95. The van der Waals surface area contributed by atoms with E-state index in [2.05, 4.69) is 5.92 Å². The molecule has 2 unspecified atom stereocenters. The van der Waals surface area contributed by atoms with Crippen LogP contribution < -0.4 is 0 Å². The van der Waals surface area contributed by atoms with Crippen LogP contribution in [0.25, 0.3) is 0 Å². The molecule has 1 fully saturated rings. The van der Waals surface area contributed by atoms with E-state index in [0.29, 0.717) is 37.5 Å². The third-order valence-corrected chi connectivity index (χ3v) is 5.16. The Morgan fingerprint density at radius 3 is 2.19 bits per heavy atom. The number of epoxide rings is 1. The van der Waals surface area contributed by atoms with E-state index in [4.69, 9.17) is 16.2 Å². The van der Waals surface area contributed by atoms with Crippen molar-refractivity contribution in [2.24, 2.45) is 4.99 Å². The van der Waals surface area contributed by atoms with Gasteiger partial charge in [-0.15, -0.1) is 6.42 Å². The summed E-state index contributed by atoms with van der Waals surface area (Å²) >= 11 is 0. The van der Waals surface area contributed by atoms with E-state index in [9.17, 15) is 14.4 Å². The SMILES string of the molecule is C#CC1=CC2=NC3(CN(C(C)=O)CCN(C(C)=O)CC[15N](C(C)=O)C2)OC13. The molecule has 2 bridgehead atoms. The lowest BCUT2D eigenvalue weighted by atomic mass is 10.0. The number of hydrogen-bond donors (Lipinski definition) is 0. The average Bonchev–Trinajstić information content (AvgIpc) is 3.31. The number of carbonyl (C=O) groups is 3. The van der Waals surface area contributed by atoms with Gasteiger partial charge in [0.2, 0.25) is 23.4 Å². The zero-order valence-corrected chi connectivity index (χ0v) is 15.9. The van der Waals surface area contributed by atoms with Gasteiger partial charge >= 0.3 is 0 Å². The van der Waals surface area contributed by atoms with Crippen LogP contribution in [0.5, 0.6) is 0 Å². The molecule has 8 heteroatoms. The number of amides is 3. The molecule has 1 spiro atoms. The third kappa shape index (κ3) is 3.88. The second-order valence-corrected chi connectivity index (χ2v) is 7.08. The van der Waals surface area contributed by atoms with Crippen LogP contribution in [0.3, 0.4) is 0 Å². The zero-order valence-electron chi connectivity index (χ0n) is 15.9. The second-order valence-electron chi connectivity index (χ2n) is 7.08. The van der Waals surface area contributed by atoms with Gasteiger partial charge in [0.1, 0.15) is 6.10 Å². The zero-order chi connectivity index (χ0) is 19.8. The fourth-order valence-corrected chi connectivity index (χ4v) is 3.52. The fraction of sp³-hybridized carbons (Fsp3) is 0.579. The Morgan fingerprint density at radius 2 is 1.63 bits per heavy atom. The van der Waals surface area contributed by atoms with E-state index in [-0.39, 0.29) is 36.9 Å². The Hall–Kier alpha value is -2.66. The van der Waals surface area contributed by atoms with E-state index in [1.54, 1.807) is 20.8 Å². The van der Waals surface area contributed by atoms with Crippen LogP contribution in [0, 0.1) is 12.3 Å². The van der Waals surface area contributed by atoms with E-state index in [1.807, 2.05) is 0 Å². The number of ether oxygens (including phenoxy) is 1. The molecule has 0 aromatic rings. The molecule has 0 N–H and O–H groups in total. The number of aliphatic imine (C=N–C) groups is 1. The molecule has 3 aliphatic heterocycles. The maximum atomic E-state index is 12.1. The van der Waals surface area contributed by atoms with Gasteiger partial charge in [0, 0.05) is 52.5 Å². The summed E-state index contributed by atoms with van der Waals surface area (Å²) in [7, 11) is 0. The Labute approximate surface area is 158 Å². The summed E-state index contributed by atoms with van der Waals surface area (Å²) in [5.41, 5.74) is 0.431. The van der Waals surface area contributed by atoms with Gasteiger partial charge in [0.05, 0.1) is 18.8 Å². The van der Waals surface area contributed by atoms with Gasteiger partial charge in [0.25, 0.3) is 0 Å². The summed E-state index contributed by atoms with van der Waals surface area (Å²) in [6.45, 7) is 6.54. The minimum absolute atomic E-state index is 0.0928. The van der Waals surface area contributed by atoms with Crippen molar-refractivity contribution in [3.8, 4) is 12.3 Å². The molecule has 0 aromatic carbocycles. The summed E-state index contributed by atoms with van der Waals surface area (Å²) in [4.78, 5) is 45.8. The molecule has 3 aliphatic rings. The van der Waals surface area contributed by atoms with Gasteiger partial charge in [-0.05, 0) is 6.08 Å². The molecule has 27 heavy (non-hydrogen) atoms. The molecule has 144 valence electrons. The lowest BCUT2D eigenvalue weighted by molar-refractivity contribution is -0.134. The van der Waals surface area contributed by atoms with Crippen molar-refractivity contribution in [1.29, 1.82) is 0 Å². The van der Waals surface area contributed by atoms with E-state index < -0.39 is 5.72 Å². The number of carbonyl (C=O) groups excluding carboxylic acids is 3. The molecule has 2 atom stereocenters. The van der Waals surface area contributed by atoms with Crippen molar-refractivity contribution in [2.75, 3.05) is 39.3 Å². The molecular weight excluding hydrogens is 349 g/mol. The molecule has 8 nitrogen and oxygen atoms in total. The molecule has 0 aliphatic carbocycles. The van der Waals surface area contributed by atoms with Crippen LogP contribution in [-0.4, -0.2) is 89.2 Å². The predicted octanol–water partition coefficient (Wildman–Crippen LogP) is -0.345. The van der Waals surface area contributed by atoms with Crippen LogP contribution in [0.1, 0.15) is 20.8 Å². The Bertz CT molecular complexity index is 781. The molecule has 0 radical (unpaired) electrons. The lowest BCUT2D eigenvalue weighted by Gasteiger charge is -2.32. The van der Waals surface area contributed by atoms with Gasteiger partial charge < -0.3 is 19.4 Å². The number of dihydropyridines is 1. The molecule has 3 amide bonds. The minimum atomic E-state index is -0.889. The van der Waals surface area contributed by atoms with E-state index in [0.717, 1.165) is 0 Å². The van der Waals surface area contributed by atoms with Crippen molar-refractivity contribution in [1.82, 2.24) is 14.7 Å². The standard InChI is InChI=1S/C19H24N4O4/c1-5-16-10-17-11-22(14(3)25)8-6-21(13(2)24)7-9-23(15(4)26)12-19(20-17)18(16)27-19/h1,10,18H,6-9,11-12H2,2-4H3/i22+1. The minimum Gasteiger partial charge on any atom is -0.339 e. The van der Waals surface area contributed by atoms with Gasteiger partial charge in [-0.25, -0.2) is 4.99 Å². The summed E-state index contributed by atoms with van der Waals surface area (Å²) in [5, 5.41) is 0. The summed E-state index contributed by atoms with van der Waals surface area (Å²) in [6.07, 6.45) is 7.05. The van der Waals surface area contributed by atoms with E-state index >= 15 is 0 Å². The monoisotopic (exact) mass is 373 g/mol. The predicted molar refractivity (Wildman–Crippen MR) is 98.7 cm³/mol. The van der Waals surface area contributed by atoms with Crippen LogP contribution in [0.2, 0.25) is 0 Å². The van der Waals surface area contributed by atoms with Crippen LogP contribution >= 0.6 is 0 Å². The Morgan fingerprint density at radius 1 is 1.07 bits per heavy atom. The van der Waals surface area contributed by atoms with Crippen molar-refractivity contribution in [3.05, 3.63) is 11.6 Å². The molecule has 0 aromatic heterocycles. The van der Waals surface area contributed by atoms with Gasteiger partial charge in [-0.3, -0.25) is 14.4 Å². The lowest BCUT2D eigenvalue weighted by Crippen LogP contribution is -2.48. The number of rotatable bonds is 0. The fourth-order valence-electron chi connectivity index (χ4n) is 3.52. The summed E-state index contributed by atoms with van der Waals surface area (Å²) < 4.78 is 5.82. The summed E-state index contributed by atoms with van der Waals surface area (Å²) in [5.74, 6) is 2.33. The highest BCUT2D eigenvalue weighted by Crippen LogP contribution is 2.45. The quantitative estimate of drug-likeness (QED) is 0.330. The first-order chi connectivity index (χ1) is 12.8. The molecule has 3 rings (SSSR count). The number of terminal acetylenes is 1. The van der Waals surface area contributed by atoms with Crippen molar-refractivity contribution in [2.45, 2.75) is 32.6 Å². The third-order valence-electron chi connectivity index (χ3n) is 5.16. The van der Waals surface area contributed by atoms with Gasteiger partial charge in [-0.1, -0.05) is 5.92 Å². The topological polar surface area (TPSA) is 85.8 Å². The smallest absolute Gasteiger partial charge is 0.219 e. The highest BCUT2D eigenvalue weighted by Gasteiger charge is 2.61. The van der Waals surface area contributed by atoms with Gasteiger partial charge in [-0.2, -0.15) is 0 Å². The second kappa shape index (κ2) is 7.16. The Kier molecular flexibility index (Phi) is 5.07. The van der Waals surface area contributed by atoms with Crippen molar-refractivity contribution < 1.29 is 19.1 Å². The highest BCUT2D eigenvalue weighted by atomic mass is 16.6. The maximum Gasteiger partial charge on any atom is 0.219 e. The first-order valence-electron chi connectivity index (χ1n) is 8.97. The van der Waals surface area contributed by atoms with Crippen molar-refractivity contribution >= 4 is 23.4 Å². The van der Waals surface area contributed by atoms with Gasteiger partial charge in [0.15, 0.2) is 0 Å². The molecule has 3 heterocycles. The highest BCUT2D eigenvalue weighted by molar-refractivity contribution is 6.01. The first-order valence-corrected chi connectivity index (χ1v) is 8.97. The largest absolute Gasteiger partial charge is 0.339 e. The van der Waals surface area contributed by atoms with Crippen LogP contribution in [-0.2, 0) is 19.1 Å². The number of hydrogen-bond acceptors (Lipinski definition) is 5. The molecule has 0 saturated carbocycles. The normalized spacial score (nSPS) is 27.9. The van der Waals surface area contributed by atoms with E-state index in [1.165, 1.54) is 20.8 Å². The van der Waals surface area contributed by atoms with Crippen LogP contribution in [0.4, 0.5) is 0 Å². The number of nitrogens with zero attached hydrogens (tertiary/aromatic N) is 4. The maximum absolute atomic E-state index is 12.1. The average molecular weight is 373 g/mol.